The van der Waals surface area contributed by atoms with E-state index in [1.54, 1.807) is 0 Å². The molecule has 0 N–H and O–H groups in total. The Bertz CT molecular complexity index is 3320. The second kappa shape index (κ2) is 18.9. The van der Waals surface area contributed by atoms with Crippen molar-refractivity contribution in [3.8, 4) is 33.8 Å². The first kappa shape index (κ1) is 51.7. The van der Waals surface area contributed by atoms with Gasteiger partial charge in [-0.15, -0.1) is 47.9 Å². The summed E-state index contributed by atoms with van der Waals surface area (Å²) in [4.78, 5) is 11.9. The molecule has 5 nitrogen and oxygen atoms in total. The molecule has 0 atom stereocenters. The van der Waals surface area contributed by atoms with Crippen molar-refractivity contribution in [3.05, 3.63) is 199 Å². The van der Waals surface area contributed by atoms with E-state index in [1.807, 2.05) is 12.3 Å². The minimum absolute atomic E-state index is 0. The van der Waals surface area contributed by atoms with Gasteiger partial charge in [0.25, 0.3) is 0 Å². The summed E-state index contributed by atoms with van der Waals surface area (Å²) in [7, 11) is -2.13. The van der Waals surface area contributed by atoms with E-state index >= 15 is 0 Å². The second-order valence-corrected chi connectivity index (χ2v) is 28.7. The molecule has 2 aliphatic rings. The van der Waals surface area contributed by atoms with Crippen LogP contribution in [-0.4, -0.2) is 13.1 Å². The predicted molar refractivity (Wildman–Crippen MR) is 307 cm³/mol. The minimum Gasteiger partial charge on any atom is -0.509 e. The maximum Gasteiger partial charge on any atom is 0.135 e. The molecule has 0 saturated carbocycles. The third-order valence-electron chi connectivity index (χ3n) is 14.6. The van der Waals surface area contributed by atoms with Crippen LogP contribution in [-0.2, 0) is 42.7 Å². The smallest absolute Gasteiger partial charge is 0.135 e. The van der Waals surface area contributed by atoms with E-state index in [9.17, 15) is 0 Å². The van der Waals surface area contributed by atoms with Crippen LogP contribution in [0.15, 0.2) is 158 Å². The van der Waals surface area contributed by atoms with Crippen molar-refractivity contribution < 1.29 is 25.8 Å². The molecule has 7 heteroatoms. The quantitative estimate of drug-likeness (QED) is 0.117. The van der Waals surface area contributed by atoms with E-state index in [0.29, 0.717) is 11.5 Å². The summed E-state index contributed by atoms with van der Waals surface area (Å²) in [5.74, 6) is 2.10. The average Bonchev–Trinajstić information content (AvgIpc) is 3.72. The van der Waals surface area contributed by atoms with E-state index in [1.165, 1.54) is 54.9 Å². The third kappa shape index (κ3) is 9.86. The third-order valence-corrected chi connectivity index (χ3v) is 18.1. The first-order valence-corrected chi connectivity index (χ1v) is 28.5. The number of anilines is 7. The fraction of sp³-hybridized carbons (Fsp3) is 0.273. The molecule has 376 valence electrons. The van der Waals surface area contributed by atoms with Crippen molar-refractivity contribution in [1.82, 2.24) is 4.98 Å². The summed E-state index contributed by atoms with van der Waals surface area (Å²) in [6.45, 7) is 34.7. The number of benzene rings is 7. The Morgan fingerprint density at radius 1 is 0.479 bits per heavy atom. The van der Waals surface area contributed by atoms with Gasteiger partial charge < -0.3 is 19.4 Å². The molecule has 10 rings (SSSR count). The van der Waals surface area contributed by atoms with Gasteiger partial charge in [0.05, 0.1) is 8.07 Å². The van der Waals surface area contributed by atoms with Crippen molar-refractivity contribution in [2.75, 3.05) is 14.7 Å². The fourth-order valence-electron chi connectivity index (χ4n) is 10.2. The van der Waals surface area contributed by atoms with Gasteiger partial charge in [0.2, 0.25) is 0 Å². The monoisotopic (exact) mass is 1160 g/mol. The van der Waals surface area contributed by atoms with Gasteiger partial charge in [-0.3, -0.25) is 0 Å². The Kier molecular flexibility index (Phi) is 13.4. The number of para-hydroxylation sites is 3. The van der Waals surface area contributed by atoms with Gasteiger partial charge in [0, 0.05) is 72.6 Å². The van der Waals surface area contributed by atoms with Crippen LogP contribution in [0.4, 0.5) is 39.9 Å². The van der Waals surface area contributed by atoms with Crippen LogP contribution < -0.4 is 29.8 Å². The van der Waals surface area contributed by atoms with Gasteiger partial charge in [-0.1, -0.05) is 181 Å². The normalized spacial score (nSPS) is 14.3. The summed E-state index contributed by atoms with van der Waals surface area (Å²) in [6.07, 6.45) is 1.93. The molecule has 7 aromatic carbocycles. The number of hydrogen-bond acceptors (Lipinski definition) is 5. The minimum atomic E-state index is -2.13. The number of nitrogens with zero attached hydrogens (tertiary/aromatic N) is 4. The van der Waals surface area contributed by atoms with Crippen molar-refractivity contribution in [2.45, 2.75) is 118 Å². The van der Waals surface area contributed by atoms with Crippen molar-refractivity contribution in [1.29, 1.82) is 0 Å². The Labute approximate surface area is 451 Å². The zero-order valence-electron chi connectivity index (χ0n) is 45.1. The zero-order chi connectivity index (χ0) is 51.1. The molecular formula is C66H69N4OPtSi-3. The molecule has 0 unspecified atom stereocenters. The van der Waals surface area contributed by atoms with Crippen LogP contribution in [0.1, 0.15) is 105 Å². The number of aromatic nitrogens is 1. The van der Waals surface area contributed by atoms with E-state index in [0.717, 1.165) is 39.9 Å². The molecule has 0 saturated heterocycles. The van der Waals surface area contributed by atoms with Crippen molar-refractivity contribution >= 4 is 58.4 Å². The topological polar surface area (TPSA) is 31.8 Å². The van der Waals surface area contributed by atoms with Gasteiger partial charge >= 0.3 is 0 Å². The molecule has 73 heavy (non-hydrogen) atoms. The van der Waals surface area contributed by atoms with Gasteiger partial charge in [-0.2, -0.15) is 12.1 Å². The summed E-state index contributed by atoms with van der Waals surface area (Å²) in [5.41, 5.74) is 15.9. The second-order valence-electron chi connectivity index (χ2n) is 24.4. The zero-order valence-corrected chi connectivity index (χ0v) is 48.4. The SMILES string of the molecule is CC(C)(C)c1cc(-c2cc(C(C)(C)C)cc(-c3ccccc3)c2N2[CH-]N(c3[c-]c(Oc4[c-]c5c(cc4)[Si](C)(C)c4ccccc4N5c4cc(C(C)(C)C)ccn4)ccc3)c3ccccc32)cc(C(C)(C)C)c1.[Pt]. The maximum atomic E-state index is 6.84. The largest absolute Gasteiger partial charge is 0.509 e. The summed E-state index contributed by atoms with van der Waals surface area (Å²) >= 11 is 0. The molecule has 0 radical (unpaired) electrons. The van der Waals surface area contributed by atoms with Crippen LogP contribution >= 0.6 is 0 Å². The molecule has 0 bridgehead atoms. The molecule has 0 amide bonds. The first-order valence-electron chi connectivity index (χ1n) is 25.5. The van der Waals surface area contributed by atoms with Crippen LogP contribution in [0, 0.1) is 18.8 Å². The van der Waals surface area contributed by atoms with Crippen LogP contribution in [0.25, 0.3) is 22.3 Å². The van der Waals surface area contributed by atoms with E-state index < -0.39 is 8.07 Å². The van der Waals surface area contributed by atoms with Gasteiger partial charge in [0.15, 0.2) is 0 Å². The van der Waals surface area contributed by atoms with Crippen molar-refractivity contribution in [2.24, 2.45) is 0 Å². The van der Waals surface area contributed by atoms with Crippen LogP contribution in [0.3, 0.4) is 0 Å². The summed E-state index contributed by atoms with van der Waals surface area (Å²) < 4.78 is 6.84. The number of fused-ring (bicyclic) bond motifs is 3. The molecule has 0 fully saturated rings. The maximum absolute atomic E-state index is 6.84. The van der Waals surface area contributed by atoms with Crippen LogP contribution in [0.2, 0.25) is 13.1 Å². The molecule has 0 aliphatic carbocycles. The molecule has 1 aromatic heterocycles. The predicted octanol–water partition coefficient (Wildman–Crippen LogP) is 17.0. The average molecular weight is 1160 g/mol. The summed E-state index contributed by atoms with van der Waals surface area (Å²) in [6, 6.07) is 62.9. The van der Waals surface area contributed by atoms with Crippen LogP contribution in [0.5, 0.6) is 11.5 Å². The van der Waals surface area contributed by atoms with Gasteiger partial charge in [-0.05, 0) is 103 Å². The van der Waals surface area contributed by atoms with Gasteiger partial charge in [0.1, 0.15) is 5.82 Å². The Balaban J connectivity index is 0.00000656. The van der Waals surface area contributed by atoms with E-state index in [4.69, 9.17) is 9.72 Å². The number of pyridine rings is 1. The Morgan fingerprint density at radius 3 is 1.66 bits per heavy atom. The molecule has 0 spiro atoms. The Hall–Kier alpha value is -6.20. The number of hydrogen-bond donors (Lipinski definition) is 0. The van der Waals surface area contributed by atoms with E-state index in [2.05, 4.69) is 275 Å². The van der Waals surface area contributed by atoms with E-state index in [-0.39, 0.29) is 42.7 Å². The standard InChI is InChI=1S/C66H69N4OSi.Pt/c1-63(2,3)46-33-34-67-61(40-46)70-57-29-20-21-30-59(57)72(13,14)60-32-31-52(42-58(60)70)71-51-26-22-25-50(41-51)68-43-69(56-28-19-18-27-55(56)68)62-53(44-23-16-15-17-24-44)38-49(66(10,11)12)39-54(62)45-35-47(64(4,5)6)37-48(36-45)65(7,8)9;/h15-40,43H,1-14H3;/q-3;. The molecule has 8 aromatic rings. The number of ether oxygens (including phenoxy) is 1. The number of rotatable bonds is 7. The molecule has 2 aliphatic heterocycles. The summed E-state index contributed by atoms with van der Waals surface area (Å²) in [5, 5.41) is 2.67. The first-order chi connectivity index (χ1) is 34.0. The molecular weight excluding hydrogens is 1090 g/mol. The fourth-order valence-corrected chi connectivity index (χ4v) is 13.1. The van der Waals surface area contributed by atoms with Crippen molar-refractivity contribution in [3.63, 3.8) is 0 Å². The van der Waals surface area contributed by atoms with Gasteiger partial charge in [-0.25, -0.2) is 4.98 Å². The molecule has 3 heterocycles. The Morgan fingerprint density at radius 2 is 1.03 bits per heavy atom.